The number of nitrogens with zero attached hydrogens (tertiary/aromatic N) is 2. The molecule has 1 aromatic rings. The van der Waals surface area contributed by atoms with Gasteiger partial charge in [0.2, 0.25) is 10.0 Å². The highest BCUT2D eigenvalue weighted by atomic mass is 32.2. The molecular formula is C15H22N4O3S. The lowest BCUT2D eigenvalue weighted by atomic mass is 10.2. The zero-order chi connectivity index (χ0) is 16.3. The van der Waals surface area contributed by atoms with Crippen molar-refractivity contribution in [1.82, 2.24) is 20.1 Å². The number of nitrogens with one attached hydrogen (secondary N) is 2. The van der Waals surface area contributed by atoms with Gasteiger partial charge in [-0.25, -0.2) is 13.4 Å². The van der Waals surface area contributed by atoms with Crippen LogP contribution >= 0.6 is 0 Å². The summed E-state index contributed by atoms with van der Waals surface area (Å²) in [6, 6.07) is 7.67. The molecule has 0 aliphatic carbocycles. The van der Waals surface area contributed by atoms with E-state index in [0.717, 1.165) is 26.2 Å². The van der Waals surface area contributed by atoms with E-state index in [2.05, 4.69) is 10.7 Å². The van der Waals surface area contributed by atoms with Crippen molar-refractivity contribution in [3.63, 3.8) is 0 Å². The summed E-state index contributed by atoms with van der Waals surface area (Å²) < 4.78 is 26.9. The average Bonchev–Trinajstić information content (AvgIpc) is 3.07. The summed E-state index contributed by atoms with van der Waals surface area (Å²) in [5.41, 5.74) is 2.86. The maximum Gasteiger partial charge on any atom is 0.252 e. The van der Waals surface area contributed by atoms with Gasteiger partial charge in [0.25, 0.3) is 5.91 Å². The topological polar surface area (TPSA) is 81.8 Å². The van der Waals surface area contributed by atoms with E-state index in [4.69, 9.17) is 0 Å². The highest BCUT2D eigenvalue weighted by Gasteiger charge is 2.39. The fraction of sp³-hybridized carbons (Fsp3) is 0.533. The molecule has 126 valence electrons. The summed E-state index contributed by atoms with van der Waals surface area (Å²) in [7, 11) is -3.63. The third-order valence-corrected chi connectivity index (χ3v) is 6.16. The number of amides is 1. The number of piperazine rings is 1. The summed E-state index contributed by atoms with van der Waals surface area (Å²) in [6.07, 6.45) is 1.26. The van der Waals surface area contributed by atoms with Crippen LogP contribution in [0, 0.1) is 0 Å². The summed E-state index contributed by atoms with van der Waals surface area (Å²) in [5.74, 6) is -0.232. The molecule has 0 spiro atoms. The van der Waals surface area contributed by atoms with E-state index >= 15 is 0 Å². The molecular weight excluding hydrogens is 316 g/mol. The molecule has 3 rings (SSSR count). The van der Waals surface area contributed by atoms with Gasteiger partial charge in [0.05, 0.1) is 4.90 Å². The van der Waals surface area contributed by atoms with Crippen molar-refractivity contribution < 1.29 is 13.2 Å². The average molecular weight is 338 g/mol. The second-order valence-electron chi connectivity index (χ2n) is 5.80. The Morgan fingerprint density at radius 2 is 1.83 bits per heavy atom. The van der Waals surface area contributed by atoms with Crippen LogP contribution in [0.15, 0.2) is 35.2 Å². The minimum atomic E-state index is -3.63. The molecule has 0 unspecified atom stereocenters. The molecule has 0 bridgehead atoms. The Kier molecular flexibility index (Phi) is 4.96. The summed E-state index contributed by atoms with van der Waals surface area (Å²) >= 11 is 0. The number of carbonyl (C=O) groups is 1. The van der Waals surface area contributed by atoms with E-state index in [1.54, 1.807) is 30.3 Å². The quantitative estimate of drug-likeness (QED) is 0.793. The Balaban J connectivity index is 1.73. The molecule has 2 fully saturated rings. The predicted octanol–water partition coefficient (Wildman–Crippen LogP) is -0.224. The molecule has 2 saturated heterocycles. The summed E-state index contributed by atoms with van der Waals surface area (Å²) in [6.45, 7) is 3.47. The van der Waals surface area contributed by atoms with Crippen LogP contribution in [0.5, 0.6) is 0 Å². The SMILES string of the molecule is O=C(NN1CCNCC1)[C@@H]1CCCN1S(=O)(=O)c1ccccc1. The fourth-order valence-corrected chi connectivity index (χ4v) is 4.70. The van der Waals surface area contributed by atoms with Crippen LogP contribution < -0.4 is 10.7 Å². The van der Waals surface area contributed by atoms with Gasteiger partial charge in [0, 0.05) is 32.7 Å². The Morgan fingerprint density at radius 1 is 1.13 bits per heavy atom. The Hall–Kier alpha value is -1.48. The van der Waals surface area contributed by atoms with E-state index in [1.165, 1.54) is 4.31 Å². The first-order valence-corrected chi connectivity index (χ1v) is 9.36. The van der Waals surface area contributed by atoms with Gasteiger partial charge in [-0.3, -0.25) is 10.2 Å². The minimum absolute atomic E-state index is 0.232. The molecule has 8 heteroatoms. The molecule has 1 amide bonds. The first-order chi connectivity index (χ1) is 11.1. The lowest BCUT2D eigenvalue weighted by molar-refractivity contribution is -0.129. The lowest BCUT2D eigenvalue weighted by Crippen LogP contribution is -2.56. The largest absolute Gasteiger partial charge is 0.314 e. The van der Waals surface area contributed by atoms with Gasteiger partial charge in [0.1, 0.15) is 6.04 Å². The second-order valence-corrected chi connectivity index (χ2v) is 7.69. The molecule has 0 aromatic heterocycles. The molecule has 2 N–H and O–H groups in total. The van der Waals surface area contributed by atoms with Crippen LogP contribution in [-0.4, -0.2) is 62.4 Å². The smallest absolute Gasteiger partial charge is 0.252 e. The summed E-state index contributed by atoms with van der Waals surface area (Å²) in [4.78, 5) is 12.8. The van der Waals surface area contributed by atoms with Crippen LogP contribution in [-0.2, 0) is 14.8 Å². The standard InChI is InChI=1S/C15H22N4O3S/c20-15(17-18-11-8-16-9-12-18)14-7-4-10-19(14)23(21,22)13-5-2-1-3-6-13/h1-3,5-6,14,16H,4,7-12H2,(H,17,20)/t14-/m0/s1. The molecule has 2 aliphatic heterocycles. The van der Waals surface area contributed by atoms with Crippen molar-refractivity contribution >= 4 is 15.9 Å². The predicted molar refractivity (Wildman–Crippen MR) is 85.9 cm³/mol. The van der Waals surface area contributed by atoms with E-state index < -0.39 is 16.1 Å². The van der Waals surface area contributed by atoms with Crippen molar-refractivity contribution in [1.29, 1.82) is 0 Å². The number of hydrazine groups is 1. The van der Waals surface area contributed by atoms with E-state index in [9.17, 15) is 13.2 Å². The van der Waals surface area contributed by atoms with E-state index in [1.807, 2.05) is 5.01 Å². The first kappa shape index (κ1) is 16.4. The van der Waals surface area contributed by atoms with Gasteiger partial charge in [-0.15, -0.1) is 0 Å². The van der Waals surface area contributed by atoms with Crippen LogP contribution in [0.25, 0.3) is 0 Å². The molecule has 2 heterocycles. The first-order valence-electron chi connectivity index (χ1n) is 7.92. The third kappa shape index (κ3) is 3.55. The minimum Gasteiger partial charge on any atom is -0.314 e. The number of rotatable bonds is 4. The van der Waals surface area contributed by atoms with E-state index in [0.29, 0.717) is 19.4 Å². The highest BCUT2D eigenvalue weighted by molar-refractivity contribution is 7.89. The van der Waals surface area contributed by atoms with E-state index in [-0.39, 0.29) is 10.8 Å². The molecule has 0 saturated carbocycles. The fourth-order valence-electron chi connectivity index (χ4n) is 3.02. The number of sulfonamides is 1. The maximum atomic E-state index is 12.8. The number of carbonyl (C=O) groups excluding carboxylic acids is 1. The second kappa shape index (κ2) is 6.96. The molecule has 23 heavy (non-hydrogen) atoms. The van der Waals surface area contributed by atoms with Crippen LogP contribution in [0.3, 0.4) is 0 Å². The van der Waals surface area contributed by atoms with Crippen LogP contribution in [0.4, 0.5) is 0 Å². The van der Waals surface area contributed by atoms with Gasteiger partial charge < -0.3 is 5.32 Å². The van der Waals surface area contributed by atoms with Gasteiger partial charge in [-0.1, -0.05) is 18.2 Å². The van der Waals surface area contributed by atoms with Gasteiger partial charge in [-0.2, -0.15) is 4.31 Å². The Bertz CT molecular complexity index is 644. The van der Waals surface area contributed by atoms with Crippen molar-refractivity contribution in [3.8, 4) is 0 Å². The van der Waals surface area contributed by atoms with Crippen molar-refractivity contribution in [2.45, 2.75) is 23.8 Å². The Morgan fingerprint density at radius 3 is 2.52 bits per heavy atom. The normalized spacial score (nSPS) is 23.7. The highest BCUT2D eigenvalue weighted by Crippen LogP contribution is 2.26. The molecule has 1 atom stereocenters. The van der Waals surface area contributed by atoms with Crippen molar-refractivity contribution in [3.05, 3.63) is 30.3 Å². The number of hydrogen-bond donors (Lipinski definition) is 2. The summed E-state index contributed by atoms with van der Waals surface area (Å²) in [5, 5.41) is 5.06. The molecule has 7 nitrogen and oxygen atoms in total. The molecule has 2 aliphatic rings. The monoisotopic (exact) mass is 338 g/mol. The van der Waals surface area contributed by atoms with Gasteiger partial charge >= 0.3 is 0 Å². The van der Waals surface area contributed by atoms with Crippen LogP contribution in [0.1, 0.15) is 12.8 Å². The lowest BCUT2D eigenvalue weighted by Gasteiger charge is -2.30. The number of hydrogen-bond acceptors (Lipinski definition) is 5. The molecule has 1 aromatic carbocycles. The molecule has 0 radical (unpaired) electrons. The van der Waals surface area contributed by atoms with Gasteiger partial charge in [0.15, 0.2) is 0 Å². The zero-order valence-corrected chi connectivity index (χ0v) is 13.8. The van der Waals surface area contributed by atoms with Crippen molar-refractivity contribution in [2.75, 3.05) is 32.7 Å². The number of benzene rings is 1. The zero-order valence-electron chi connectivity index (χ0n) is 12.9. The maximum absolute atomic E-state index is 12.8. The Labute approximate surface area is 136 Å². The van der Waals surface area contributed by atoms with Gasteiger partial charge in [-0.05, 0) is 25.0 Å². The third-order valence-electron chi connectivity index (χ3n) is 4.24. The van der Waals surface area contributed by atoms with Crippen molar-refractivity contribution in [2.24, 2.45) is 0 Å². The van der Waals surface area contributed by atoms with Crippen LogP contribution in [0.2, 0.25) is 0 Å².